The van der Waals surface area contributed by atoms with E-state index in [1.54, 1.807) is 7.11 Å². The third kappa shape index (κ3) is 5.63. The van der Waals surface area contributed by atoms with E-state index in [0.29, 0.717) is 12.5 Å². The van der Waals surface area contributed by atoms with Crippen molar-refractivity contribution in [1.82, 2.24) is 15.3 Å². The Bertz CT molecular complexity index is 938. The molecule has 8 heteroatoms. The van der Waals surface area contributed by atoms with Crippen LogP contribution in [0.4, 0.5) is 17.2 Å². The van der Waals surface area contributed by atoms with Crippen molar-refractivity contribution in [3.8, 4) is 0 Å². The zero-order valence-corrected chi connectivity index (χ0v) is 18.8. The average molecular weight is 425 g/mol. The van der Waals surface area contributed by atoms with Crippen LogP contribution in [0.5, 0.6) is 0 Å². The third-order valence-electron chi connectivity index (χ3n) is 5.86. The van der Waals surface area contributed by atoms with E-state index in [0.717, 1.165) is 49.4 Å². The summed E-state index contributed by atoms with van der Waals surface area (Å²) in [6.45, 7) is 16.9. The van der Waals surface area contributed by atoms with Gasteiger partial charge in [0.15, 0.2) is 0 Å². The Kier molecular flexibility index (Phi) is 7.31. The first-order valence-corrected chi connectivity index (χ1v) is 10.7. The van der Waals surface area contributed by atoms with Gasteiger partial charge in [0.2, 0.25) is 5.82 Å². The lowest BCUT2D eigenvalue weighted by Crippen LogP contribution is -2.39. The molecule has 0 aliphatic carbocycles. The molecule has 0 bridgehead atoms. The highest BCUT2D eigenvalue weighted by Crippen LogP contribution is 2.34. The van der Waals surface area contributed by atoms with Crippen molar-refractivity contribution in [3.63, 3.8) is 0 Å². The number of aromatic amines is 1. The first-order chi connectivity index (χ1) is 14.8. The van der Waals surface area contributed by atoms with Crippen LogP contribution in [0, 0.1) is 12.5 Å². The molecule has 0 atom stereocenters. The van der Waals surface area contributed by atoms with E-state index in [1.807, 2.05) is 12.1 Å². The number of imidazole rings is 1. The number of nitrogens with one attached hydrogen (secondary N) is 3. The summed E-state index contributed by atoms with van der Waals surface area (Å²) in [7, 11) is 1.70. The van der Waals surface area contributed by atoms with Gasteiger partial charge < -0.3 is 25.1 Å². The lowest BCUT2D eigenvalue weighted by Gasteiger charge is -2.35. The van der Waals surface area contributed by atoms with Crippen molar-refractivity contribution in [2.45, 2.75) is 39.2 Å². The summed E-state index contributed by atoms with van der Waals surface area (Å²) in [5, 5.41) is 6.52. The maximum Gasteiger partial charge on any atom is 0.314 e. The highest BCUT2D eigenvalue weighted by Gasteiger charge is 2.25. The standard InChI is InChI=1S/C23H32N6O2/c1-16-8-11-29(12-9-16)19-14-17(23(2,3)26-10-13-31-5)6-7-18(19)27-22(30)21-25-15-20(24-4)28-21/h6-7,14-16,26H,8-13H2,1-3,5H3,(H,25,28)(H,27,30). The zero-order chi connectivity index (χ0) is 22.4. The highest BCUT2D eigenvalue weighted by molar-refractivity contribution is 6.04. The second-order valence-corrected chi connectivity index (χ2v) is 8.63. The summed E-state index contributed by atoms with van der Waals surface area (Å²) in [6, 6.07) is 6.16. The number of rotatable bonds is 8. The van der Waals surface area contributed by atoms with Crippen LogP contribution >= 0.6 is 0 Å². The summed E-state index contributed by atoms with van der Waals surface area (Å²) in [4.78, 5) is 25.1. The van der Waals surface area contributed by atoms with Crippen LogP contribution in [-0.2, 0) is 10.3 Å². The van der Waals surface area contributed by atoms with Crippen LogP contribution in [0.3, 0.4) is 0 Å². The molecule has 0 radical (unpaired) electrons. The molecule has 1 aliphatic heterocycles. The molecule has 166 valence electrons. The number of anilines is 2. The van der Waals surface area contributed by atoms with Gasteiger partial charge >= 0.3 is 5.91 Å². The number of H-pyrrole nitrogens is 1. The molecule has 2 heterocycles. The van der Waals surface area contributed by atoms with E-state index in [4.69, 9.17) is 11.3 Å². The van der Waals surface area contributed by atoms with Crippen molar-refractivity contribution >= 4 is 23.1 Å². The first kappa shape index (κ1) is 22.8. The molecule has 1 aromatic carbocycles. The average Bonchev–Trinajstić information content (AvgIpc) is 3.24. The zero-order valence-electron chi connectivity index (χ0n) is 18.8. The molecular formula is C23H32N6O2. The maximum absolute atomic E-state index is 12.7. The smallest absolute Gasteiger partial charge is 0.314 e. The van der Waals surface area contributed by atoms with E-state index in [1.165, 1.54) is 6.20 Å². The minimum Gasteiger partial charge on any atom is -0.383 e. The molecule has 8 nitrogen and oxygen atoms in total. The second-order valence-electron chi connectivity index (χ2n) is 8.63. The van der Waals surface area contributed by atoms with Crippen molar-refractivity contribution in [2.75, 3.05) is 43.6 Å². The van der Waals surface area contributed by atoms with Gasteiger partial charge in [0.25, 0.3) is 5.82 Å². The molecular weight excluding hydrogens is 392 g/mol. The first-order valence-electron chi connectivity index (χ1n) is 10.7. The molecule has 1 fully saturated rings. The number of nitrogens with zero attached hydrogens (tertiary/aromatic N) is 3. The fourth-order valence-electron chi connectivity index (χ4n) is 3.77. The number of hydrogen-bond donors (Lipinski definition) is 3. The number of aromatic nitrogens is 2. The van der Waals surface area contributed by atoms with Gasteiger partial charge in [-0.1, -0.05) is 19.6 Å². The molecule has 1 aromatic heterocycles. The van der Waals surface area contributed by atoms with E-state index < -0.39 is 0 Å². The predicted octanol–water partition coefficient (Wildman–Crippen LogP) is 3.92. The summed E-state index contributed by atoms with van der Waals surface area (Å²) >= 11 is 0. The molecule has 2 aromatic rings. The van der Waals surface area contributed by atoms with Gasteiger partial charge in [-0.15, -0.1) is 0 Å². The van der Waals surface area contributed by atoms with Crippen molar-refractivity contribution < 1.29 is 9.53 Å². The summed E-state index contributed by atoms with van der Waals surface area (Å²) in [6.07, 6.45) is 3.62. The Hall–Kier alpha value is -2.89. The number of carbonyl (C=O) groups is 1. The minimum absolute atomic E-state index is 0.134. The summed E-state index contributed by atoms with van der Waals surface area (Å²) < 4.78 is 5.17. The quantitative estimate of drug-likeness (QED) is 0.442. The van der Waals surface area contributed by atoms with Crippen molar-refractivity contribution in [3.05, 3.63) is 47.2 Å². The van der Waals surface area contributed by atoms with Gasteiger partial charge in [-0.05, 0) is 50.3 Å². The number of benzene rings is 1. The number of ether oxygens (including phenoxy) is 1. The summed E-state index contributed by atoms with van der Waals surface area (Å²) in [5.41, 5.74) is 2.65. The van der Waals surface area contributed by atoms with Crippen molar-refractivity contribution in [1.29, 1.82) is 0 Å². The molecule has 3 N–H and O–H groups in total. The monoisotopic (exact) mass is 424 g/mol. The predicted molar refractivity (Wildman–Crippen MR) is 123 cm³/mol. The van der Waals surface area contributed by atoms with Gasteiger partial charge in [0, 0.05) is 32.3 Å². The molecule has 1 aliphatic rings. The minimum atomic E-state index is -0.355. The Morgan fingerprint density at radius 3 is 2.77 bits per heavy atom. The lowest BCUT2D eigenvalue weighted by molar-refractivity contribution is 0.101. The summed E-state index contributed by atoms with van der Waals surface area (Å²) in [5.74, 6) is 0.732. The van der Waals surface area contributed by atoms with Crippen LogP contribution in [0.1, 0.15) is 49.8 Å². The van der Waals surface area contributed by atoms with E-state index >= 15 is 0 Å². The molecule has 1 saturated heterocycles. The van der Waals surface area contributed by atoms with E-state index in [-0.39, 0.29) is 23.1 Å². The highest BCUT2D eigenvalue weighted by atomic mass is 16.5. The topological polar surface area (TPSA) is 86.6 Å². The number of carbonyl (C=O) groups excluding carboxylic acids is 1. The van der Waals surface area contributed by atoms with Gasteiger partial charge in [0.1, 0.15) is 0 Å². The van der Waals surface area contributed by atoms with Crippen LogP contribution in [0.15, 0.2) is 24.4 Å². The van der Waals surface area contributed by atoms with Crippen LogP contribution in [-0.4, -0.2) is 49.2 Å². The Balaban J connectivity index is 1.88. The molecule has 0 saturated carbocycles. The third-order valence-corrected chi connectivity index (χ3v) is 5.86. The van der Waals surface area contributed by atoms with E-state index in [2.05, 4.69) is 57.2 Å². The van der Waals surface area contributed by atoms with Gasteiger partial charge in [-0.25, -0.2) is 4.98 Å². The number of methoxy groups -OCH3 is 1. The van der Waals surface area contributed by atoms with E-state index in [9.17, 15) is 4.79 Å². The second kappa shape index (κ2) is 9.94. The van der Waals surface area contributed by atoms with Crippen LogP contribution < -0.4 is 15.5 Å². The number of amides is 1. The fraction of sp³-hybridized carbons (Fsp3) is 0.522. The molecule has 0 unspecified atom stereocenters. The van der Waals surface area contributed by atoms with Crippen LogP contribution in [0.2, 0.25) is 0 Å². The molecule has 1 amide bonds. The Morgan fingerprint density at radius 2 is 2.13 bits per heavy atom. The maximum atomic E-state index is 12.7. The van der Waals surface area contributed by atoms with Gasteiger partial charge in [-0.3, -0.25) is 9.78 Å². The largest absolute Gasteiger partial charge is 0.383 e. The molecule has 31 heavy (non-hydrogen) atoms. The normalized spacial score (nSPS) is 15.0. The number of piperidine rings is 1. The Morgan fingerprint density at radius 1 is 1.39 bits per heavy atom. The SMILES string of the molecule is [C-]#[N+]c1cnc(C(=O)Nc2ccc(C(C)(C)NCCOC)cc2N2CCC(C)CC2)[nH]1. The van der Waals surface area contributed by atoms with Crippen LogP contribution in [0.25, 0.3) is 4.85 Å². The number of hydrogen-bond acceptors (Lipinski definition) is 5. The molecule has 3 rings (SSSR count). The van der Waals surface area contributed by atoms with Gasteiger partial charge in [0.05, 0.1) is 24.2 Å². The van der Waals surface area contributed by atoms with Gasteiger partial charge in [-0.2, -0.15) is 0 Å². The Labute approximate surface area is 184 Å². The lowest BCUT2D eigenvalue weighted by atomic mass is 9.92. The molecule has 0 spiro atoms. The van der Waals surface area contributed by atoms with Crippen molar-refractivity contribution in [2.24, 2.45) is 5.92 Å². The fourth-order valence-corrected chi connectivity index (χ4v) is 3.77.